The fourth-order valence-corrected chi connectivity index (χ4v) is 3.75. The molecule has 1 aliphatic heterocycles. The summed E-state index contributed by atoms with van der Waals surface area (Å²) < 4.78 is 5.81. The second-order valence-electron chi connectivity index (χ2n) is 7.40. The Morgan fingerprint density at radius 2 is 1.93 bits per heavy atom. The van der Waals surface area contributed by atoms with Crippen LogP contribution >= 0.6 is 11.6 Å². The van der Waals surface area contributed by atoms with Crippen molar-refractivity contribution in [2.24, 2.45) is 5.92 Å². The number of nitrogens with one attached hydrogen (secondary N) is 2. The summed E-state index contributed by atoms with van der Waals surface area (Å²) in [6, 6.07) is 13.6. The number of hydrogen-bond acceptors (Lipinski definition) is 5. The summed E-state index contributed by atoms with van der Waals surface area (Å²) >= 11 is 6.07. The minimum atomic E-state index is -0.280. The van der Waals surface area contributed by atoms with Crippen LogP contribution in [0.5, 0.6) is 0 Å². The highest BCUT2D eigenvalue weighted by Gasteiger charge is 2.27. The van der Waals surface area contributed by atoms with Gasteiger partial charge in [-0.2, -0.15) is 4.98 Å². The molecule has 0 unspecified atom stereocenters. The van der Waals surface area contributed by atoms with Crippen molar-refractivity contribution >= 4 is 46.2 Å². The molecule has 4 rings (SSSR count). The van der Waals surface area contributed by atoms with Crippen LogP contribution in [0.3, 0.4) is 0 Å². The first-order valence-electron chi connectivity index (χ1n) is 9.94. The smallest absolute Gasteiger partial charge is 0.298 e. The molecule has 0 spiro atoms. The summed E-state index contributed by atoms with van der Waals surface area (Å²) in [6.45, 7) is 3.12. The molecular formula is C22H23ClN4O3. The van der Waals surface area contributed by atoms with Gasteiger partial charge in [0.15, 0.2) is 5.58 Å². The van der Waals surface area contributed by atoms with E-state index in [0.717, 1.165) is 16.7 Å². The Kier molecular flexibility index (Phi) is 5.90. The number of carbonyl (C=O) groups is 2. The van der Waals surface area contributed by atoms with Crippen LogP contribution in [-0.4, -0.2) is 36.4 Å². The Hall–Kier alpha value is -3.06. The highest BCUT2D eigenvalue weighted by molar-refractivity contribution is 6.31. The molecule has 7 nitrogen and oxygen atoms in total. The number of para-hydroxylation sites is 2. The molecule has 156 valence electrons. The normalized spacial score (nSPS) is 14.7. The third-order valence-corrected chi connectivity index (χ3v) is 5.79. The molecule has 1 aliphatic rings. The minimum Gasteiger partial charge on any atom is -0.423 e. The van der Waals surface area contributed by atoms with Crippen molar-refractivity contribution in [2.45, 2.75) is 19.8 Å². The van der Waals surface area contributed by atoms with Gasteiger partial charge in [-0.15, -0.1) is 0 Å². The molecule has 0 radical (unpaired) electrons. The first-order chi connectivity index (χ1) is 14.5. The van der Waals surface area contributed by atoms with Gasteiger partial charge in [-0.1, -0.05) is 29.8 Å². The van der Waals surface area contributed by atoms with Gasteiger partial charge in [-0.25, -0.2) is 0 Å². The Labute approximate surface area is 179 Å². The number of anilines is 2. The number of oxazole rings is 1. The van der Waals surface area contributed by atoms with E-state index in [1.54, 1.807) is 18.2 Å². The van der Waals surface area contributed by atoms with Crippen molar-refractivity contribution in [1.29, 1.82) is 0 Å². The molecule has 0 saturated carbocycles. The zero-order chi connectivity index (χ0) is 21.1. The summed E-state index contributed by atoms with van der Waals surface area (Å²) in [5, 5.41) is 6.11. The van der Waals surface area contributed by atoms with E-state index in [2.05, 4.69) is 20.5 Å². The van der Waals surface area contributed by atoms with E-state index >= 15 is 0 Å². The molecule has 0 aliphatic carbocycles. The van der Waals surface area contributed by atoms with Gasteiger partial charge in [0.25, 0.3) is 6.01 Å². The molecule has 0 bridgehead atoms. The van der Waals surface area contributed by atoms with Crippen molar-refractivity contribution < 1.29 is 14.0 Å². The monoisotopic (exact) mass is 426 g/mol. The van der Waals surface area contributed by atoms with Crippen LogP contribution in [0.4, 0.5) is 11.7 Å². The van der Waals surface area contributed by atoms with Gasteiger partial charge in [0.1, 0.15) is 5.52 Å². The van der Waals surface area contributed by atoms with E-state index in [0.29, 0.717) is 42.7 Å². The number of carbonyl (C=O) groups excluding carboxylic acids is 2. The average molecular weight is 427 g/mol. The zero-order valence-electron chi connectivity index (χ0n) is 16.7. The number of aromatic nitrogens is 1. The van der Waals surface area contributed by atoms with Crippen LogP contribution < -0.4 is 15.5 Å². The fourth-order valence-electron chi connectivity index (χ4n) is 3.58. The number of rotatable bonds is 5. The average Bonchev–Trinajstić information content (AvgIpc) is 3.20. The van der Waals surface area contributed by atoms with E-state index in [1.165, 1.54) is 0 Å². The summed E-state index contributed by atoms with van der Waals surface area (Å²) in [6.07, 6.45) is 1.36. The molecule has 0 atom stereocenters. The summed E-state index contributed by atoms with van der Waals surface area (Å²) in [5.74, 6) is -0.519. The standard InChI is InChI=1S/C22H23ClN4O3/c1-14-16(23)5-4-7-17(14)25-20(28)13-24-21(29)15-9-11-27(12-10-15)22-26-18-6-2-3-8-19(18)30-22/h2-8,15H,9-13H2,1H3,(H,24,29)(H,25,28). The Bertz CT molecular complexity index is 1040. The molecule has 2 aromatic carbocycles. The lowest BCUT2D eigenvalue weighted by molar-refractivity contribution is -0.127. The minimum absolute atomic E-state index is 0.0733. The Balaban J connectivity index is 1.26. The SMILES string of the molecule is Cc1c(Cl)cccc1NC(=O)CNC(=O)C1CCN(c2nc3ccccc3o2)CC1. The summed E-state index contributed by atoms with van der Waals surface area (Å²) in [4.78, 5) is 31.2. The molecule has 8 heteroatoms. The lowest BCUT2D eigenvalue weighted by Gasteiger charge is -2.30. The summed E-state index contributed by atoms with van der Waals surface area (Å²) in [7, 11) is 0. The topological polar surface area (TPSA) is 87.5 Å². The number of amides is 2. The maximum absolute atomic E-state index is 12.5. The van der Waals surface area contributed by atoms with E-state index in [4.69, 9.17) is 16.0 Å². The maximum Gasteiger partial charge on any atom is 0.298 e. The highest BCUT2D eigenvalue weighted by Crippen LogP contribution is 2.26. The van der Waals surface area contributed by atoms with Gasteiger partial charge in [0.2, 0.25) is 11.8 Å². The Morgan fingerprint density at radius 3 is 2.70 bits per heavy atom. The number of benzene rings is 2. The highest BCUT2D eigenvalue weighted by atomic mass is 35.5. The van der Waals surface area contributed by atoms with Crippen LogP contribution in [0.25, 0.3) is 11.1 Å². The van der Waals surface area contributed by atoms with Crippen LogP contribution in [0.1, 0.15) is 18.4 Å². The third-order valence-electron chi connectivity index (χ3n) is 5.38. The lowest BCUT2D eigenvalue weighted by Crippen LogP contribution is -2.42. The predicted octanol–water partition coefficient (Wildman–Crippen LogP) is 3.76. The van der Waals surface area contributed by atoms with Gasteiger partial charge >= 0.3 is 0 Å². The van der Waals surface area contributed by atoms with Crippen LogP contribution in [0, 0.1) is 12.8 Å². The van der Waals surface area contributed by atoms with Gasteiger partial charge < -0.3 is 20.0 Å². The molecule has 2 N–H and O–H groups in total. The quantitative estimate of drug-likeness (QED) is 0.648. The van der Waals surface area contributed by atoms with Crippen molar-refractivity contribution in [3.63, 3.8) is 0 Å². The molecule has 3 aromatic rings. The van der Waals surface area contributed by atoms with Gasteiger partial charge in [-0.05, 0) is 49.6 Å². The van der Waals surface area contributed by atoms with Gasteiger partial charge in [0.05, 0.1) is 6.54 Å². The van der Waals surface area contributed by atoms with Crippen LogP contribution in [0.15, 0.2) is 46.9 Å². The lowest BCUT2D eigenvalue weighted by atomic mass is 9.96. The van der Waals surface area contributed by atoms with Crippen molar-refractivity contribution in [3.8, 4) is 0 Å². The van der Waals surface area contributed by atoms with Crippen LogP contribution in [-0.2, 0) is 9.59 Å². The number of fused-ring (bicyclic) bond motifs is 1. The van der Waals surface area contributed by atoms with Crippen molar-refractivity contribution in [1.82, 2.24) is 10.3 Å². The molecule has 2 heterocycles. The van der Waals surface area contributed by atoms with E-state index in [-0.39, 0.29) is 24.3 Å². The summed E-state index contributed by atoms with van der Waals surface area (Å²) in [5.41, 5.74) is 3.03. The van der Waals surface area contributed by atoms with E-state index < -0.39 is 0 Å². The molecule has 2 amide bonds. The van der Waals surface area contributed by atoms with E-state index in [1.807, 2.05) is 31.2 Å². The van der Waals surface area contributed by atoms with Crippen molar-refractivity contribution in [2.75, 3.05) is 29.9 Å². The predicted molar refractivity (Wildman–Crippen MR) is 117 cm³/mol. The third kappa shape index (κ3) is 4.41. The first-order valence-corrected chi connectivity index (χ1v) is 10.3. The number of nitrogens with zero attached hydrogens (tertiary/aromatic N) is 2. The first kappa shape index (κ1) is 20.2. The fraction of sp³-hybridized carbons (Fsp3) is 0.318. The second-order valence-corrected chi connectivity index (χ2v) is 7.81. The largest absolute Gasteiger partial charge is 0.423 e. The molecular weight excluding hydrogens is 404 g/mol. The number of piperidine rings is 1. The second kappa shape index (κ2) is 8.75. The van der Waals surface area contributed by atoms with Crippen molar-refractivity contribution in [3.05, 3.63) is 53.1 Å². The molecule has 1 aromatic heterocycles. The van der Waals surface area contributed by atoms with Gasteiger partial charge in [-0.3, -0.25) is 9.59 Å². The van der Waals surface area contributed by atoms with Gasteiger partial charge in [0, 0.05) is 29.7 Å². The zero-order valence-corrected chi connectivity index (χ0v) is 17.4. The maximum atomic E-state index is 12.5. The van der Waals surface area contributed by atoms with E-state index in [9.17, 15) is 9.59 Å². The molecule has 30 heavy (non-hydrogen) atoms. The van der Waals surface area contributed by atoms with Crippen LogP contribution in [0.2, 0.25) is 5.02 Å². The molecule has 1 fully saturated rings. The number of hydrogen-bond donors (Lipinski definition) is 2. The molecule has 1 saturated heterocycles. The number of halogens is 1. The Morgan fingerprint density at radius 1 is 1.17 bits per heavy atom.